The molecule has 4 aromatic carbocycles. The summed E-state index contributed by atoms with van der Waals surface area (Å²) in [5.41, 5.74) is 19.1. The minimum Gasteiger partial charge on any atom is -0.469 e. The molecule has 4 saturated heterocycles. The SMILES string of the molecule is CC(=O)N1CCNC1=O.COC(=O)[C@@H](CC(=O)OCc1ccccc1)CN1CCN(C(C)=O)C1=O.COC(=O)[C@H](CBr)CC(=O)OCc1ccccc1.COC(=O)[C@H](CO)CC(=O)OCc1ccccc1.NC(=O)C(CC(=O)OCc1ccccc1)CN1CCNC1=O.NC(=O)C(N)CN1CCNC1=O. The summed E-state index contributed by atoms with van der Waals surface area (Å²) in [6.45, 7) is 7.07. The molecule has 2 unspecified atom stereocenters. The Hall–Kier alpha value is -11.1. The fraction of sp³-hybridized carbons (Fsp3) is 0.443. The van der Waals surface area contributed by atoms with Crippen LogP contribution in [0.2, 0.25) is 0 Å². The quantitative estimate of drug-likeness (QED) is 0.0232. The van der Waals surface area contributed by atoms with Crippen LogP contribution >= 0.6 is 15.9 Å². The Morgan fingerprint density at radius 3 is 1.07 bits per heavy atom. The summed E-state index contributed by atoms with van der Waals surface area (Å²) in [4.78, 5) is 177. The molecule has 572 valence electrons. The van der Waals surface area contributed by atoms with Gasteiger partial charge in [0, 0.05) is 91.2 Å². The molecule has 4 heterocycles. The van der Waals surface area contributed by atoms with Crippen molar-refractivity contribution >= 4 is 105 Å². The number of ether oxygens (including phenoxy) is 7. The molecule has 4 fully saturated rings. The third kappa shape index (κ3) is 34.2. The average molecular weight is 1540 g/mol. The lowest BCUT2D eigenvalue weighted by Crippen LogP contribution is -2.46. The van der Waals surface area contributed by atoms with Gasteiger partial charge in [-0.15, -0.1) is 0 Å². The van der Waals surface area contributed by atoms with Crippen molar-refractivity contribution in [2.24, 2.45) is 40.9 Å². The lowest BCUT2D eigenvalue weighted by Gasteiger charge is -2.21. The predicted octanol–water partition coefficient (Wildman–Crippen LogP) is 2.03. The van der Waals surface area contributed by atoms with Crippen molar-refractivity contribution in [2.45, 2.75) is 72.0 Å². The Morgan fingerprint density at radius 1 is 0.429 bits per heavy atom. The Kier molecular flexibility index (Phi) is 40.9. The van der Waals surface area contributed by atoms with Gasteiger partial charge in [0.05, 0.1) is 77.3 Å². The number of methoxy groups -OCH3 is 3. The molecule has 105 heavy (non-hydrogen) atoms. The molecule has 5 atom stereocenters. The van der Waals surface area contributed by atoms with Crippen LogP contribution in [0.5, 0.6) is 0 Å². The molecule has 10 N–H and O–H groups in total. The Balaban J connectivity index is 0.000000336. The number of esters is 7. The molecule has 0 bridgehead atoms. The van der Waals surface area contributed by atoms with Gasteiger partial charge in [-0.05, 0) is 22.3 Å². The minimum atomic E-state index is -0.863. The Morgan fingerprint density at radius 2 is 0.762 bits per heavy atom. The molecule has 12 amide bonds. The third-order valence-corrected chi connectivity index (χ3v) is 16.1. The van der Waals surface area contributed by atoms with Gasteiger partial charge in [-0.2, -0.15) is 0 Å². The average Bonchev–Trinajstić information content (AvgIpc) is 1.69. The second kappa shape index (κ2) is 48.7. The number of carbonyl (C=O) groups is 15. The number of alkyl halides is 1. The number of nitrogens with two attached hydrogens (primary N) is 3. The molecule has 4 aliphatic rings. The summed E-state index contributed by atoms with van der Waals surface area (Å²) >= 11 is 3.17. The zero-order valence-corrected chi connectivity index (χ0v) is 60.6. The molecule has 35 heteroatoms. The van der Waals surface area contributed by atoms with Crippen molar-refractivity contribution in [3.05, 3.63) is 144 Å². The van der Waals surface area contributed by atoms with E-state index in [0.29, 0.717) is 51.1 Å². The lowest BCUT2D eigenvalue weighted by atomic mass is 10.0. The molecule has 4 aliphatic heterocycles. The number of primary amides is 2. The summed E-state index contributed by atoms with van der Waals surface area (Å²) in [6.07, 6.45) is -0.504. The zero-order valence-electron chi connectivity index (χ0n) is 59.1. The molecule has 34 nitrogen and oxygen atoms in total. The smallest absolute Gasteiger partial charge is 0.326 e. The molecule has 0 saturated carbocycles. The number of nitrogens with zero attached hydrogens (tertiary/aromatic N) is 5. The molecule has 0 spiro atoms. The maximum atomic E-state index is 12.2. The first kappa shape index (κ1) is 88.1. The summed E-state index contributed by atoms with van der Waals surface area (Å²) < 4.78 is 34.2. The van der Waals surface area contributed by atoms with Crippen molar-refractivity contribution in [3.8, 4) is 0 Å². The molecule has 0 radical (unpaired) electrons. The number of urea groups is 4. The second-order valence-corrected chi connectivity index (χ2v) is 23.8. The summed E-state index contributed by atoms with van der Waals surface area (Å²) in [7, 11) is 3.73. The first-order valence-electron chi connectivity index (χ1n) is 32.9. The fourth-order valence-electron chi connectivity index (χ4n) is 9.44. The van der Waals surface area contributed by atoms with E-state index in [2.05, 4.69) is 41.4 Å². The normalized spacial score (nSPS) is 14.6. The highest BCUT2D eigenvalue weighted by molar-refractivity contribution is 9.09. The largest absolute Gasteiger partial charge is 0.469 e. The van der Waals surface area contributed by atoms with Crippen LogP contribution in [0.1, 0.15) is 61.8 Å². The van der Waals surface area contributed by atoms with E-state index in [1.54, 1.807) is 0 Å². The van der Waals surface area contributed by atoms with Crippen LogP contribution in [0.25, 0.3) is 0 Å². The predicted molar refractivity (Wildman–Crippen MR) is 376 cm³/mol. The van der Waals surface area contributed by atoms with Crippen molar-refractivity contribution < 1.29 is 110 Å². The number of rotatable bonds is 29. The third-order valence-electron chi connectivity index (χ3n) is 15.3. The van der Waals surface area contributed by atoms with Gasteiger partial charge in [-0.1, -0.05) is 137 Å². The fourth-order valence-corrected chi connectivity index (χ4v) is 9.93. The van der Waals surface area contributed by atoms with Gasteiger partial charge in [0.25, 0.3) is 0 Å². The maximum absolute atomic E-state index is 12.2. The highest BCUT2D eigenvalue weighted by Gasteiger charge is 2.36. The van der Waals surface area contributed by atoms with Crippen LogP contribution in [0, 0.1) is 23.7 Å². The summed E-state index contributed by atoms with van der Waals surface area (Å²) in [5, 5.41) is 17.1. The monoisotopic (exact) mass is 1530 g/mol. The van der Waals surface area contributed by atoms with Crippen molar-refractivity contribution in [3.63, 3.8) is 0 Å². The van der Waals surface area contributed by atoms with E-state index in [9.17, 15) is 71.9 Å². The number of halogens is 1. The van der Waals surface area contributed by atoms with Crippen LogP contribution < -0.4 is 33.2 Å². The van der Waals surface area contributed by atoms with Gasteiger partial charge >= 0.3 is 65.9 Å². The topological polar surface area (TPSA) is 471 Å². The van der Waals surface area contributed by atoms with Crippen LogP contribution in [0.3, 0.4) is 0 Å². The van der Waals surface area contributed by atoms with Crippen LogP contribution in [0.15, 0.2) is 121 Å². The minimum absolute atomic E-state index is 0.00424. The number of aliphatic hydroxyl groups is 1. The van der Waals surface area contributed by atoms with Gasteiger partial charge in [0.1, 0.15) is 32.5 Å². The molecular weight excluding hydrogens is 1440 g/mol. The molecule has 0 aromatic heterocycles. The first-order chi connectivity index (χ1) is 50.1. The number of carbonyl (C=O) groups excluding carboxylic acids is 15. The van der Waals surface area contributed by atoms with Crippen LogP contribution in [-0.4, -0.2) is 230 Å². The van der Waals surface area contributed by atoms with E-state index in [-0.39, 0.29) is 108 Å². The summed E-state index contributed by atoms with van der Waals surface area (Å²) in [6, 6.07) is 35.1. The van der Waals surface area contributed by atoms with Gasteiger partial charge in [-0.25, -0.2) is 19.2 Å². The van der Waals surface area contributed by atoms with Crippen molar-refractivity contribution in [1.82, 2.24) is 40.4 Å². The summed E-state index contributed by atoms with van der Waals surface area (Å²) in [5.74, 6) is -8.34. The Labute approximate surface area is 615 Å². The van der Waals surface area contributed by atoms with Crippen LogP contribution in [0.4, 0.5) is 19.2 Å². The molecular formula is C70H92BrN11O23. The van der Waals surface area contributed by atoms with Crippen LogP contribution in [-0.2, 0) is 112 Å². The maximum Gasteiger partial charge on any atom is 0.326 e. The number of amides is 12. The van der Waals surface area contributed by atoms with Crippen molar-refractivity contribution in [2.75, 3.05) is 105 Å². The number of hydrogen-bond donors (Lipinski definition) is 7. The highest BCUT2D eigenvalue weighted by atomic mass is 79.9. The number of nitrogens with one attached hydrogen (secondary N) is 3. The van der Waals surface area contributed by atoms with Gasteiger partial charge in [-0.3, -0.25) is 62.5 Å². The van der Waals surface area contributed by atoms with Gasteiger partial charge in [0.15, 0.2) is 0 Å². The number of hydrogen-bond acceptors (Lipinski definition) is 24. The zero-order chi connectivity index (χ0) is 77.8. The van der Waals surface area contributed by atoms with E-state index in [1.165, 1.54) is 54.8 Å². The first-order valence-corrected chi connectivity index (χ1v) is 34.0. The number of benzene rings is 4. The van der Waals surface area contributed by atoms with Crippen molar-refractivity contribution in [1.29, 1.82) is 0 Å². The van der Waals surface area contributed by atoms with Gasteiger partial charge in [0.2, 0.25) is 23.6 Å². The number of imide groups is 2. The second-order valence-electron chi connectivity index (χ2n) is 23.2. The lowest BCUT2D eigenvalue weighted by molar-refractivity contribution is -0.155. The highest BCUT2D eigenvalue weighted by Crippen LogP contribution is 2.18. The Bertz CT molecular complexity index is 3420. The van der Waals surface area contributed by atoms with E-state index in [1.807, 2.05) is 121 Å². The molecule has 4 aromatic rings. The molecule has 8 rings (SSSR count). The van der Waals surface area contributed by atoms with E-state index >= 15 is 0 Å². The van der Waals surface area contributed by atoms with E-state index in [4.69, 9.17) is 46.0 Å². The standard InChI is InChI=1S/C18H22N2O6.C15H19N3O4.C13H15BrO4.C13H16O5.C6H12N4O2.C5H8N2O2/c1-13(21)20-9-8-19(18(20)24)11-15(17(23)25-2)10-16(22)26-12-14-6-4-3-5-7-14;16-14(20)12(9-18-7-6-17-15(18)21)8-13(19)22-10-11-4-2-1-3-5-11;2*1-17-13(16)11(8-14)7-12(15)18-9-10-5-3-2-4-6-10;7-4(5(8)11)3-10-2-1-9-6(10)12;1-4(8)7-3-2-6-5(7)9/h3-7,15H,8-12H2,1-2H3;1-5,12H,6-10H2,(H2,16,20)(H,17,21);2-6,11H,7-9H2,1H3;2-6,11,14H,7-9H2,1H3;4H,1-3,7H2,(H2,8,11)(H,9,12);2-3H2,1H3,(H,6,9)/t15-;;2*11-;;/m0.00../s1. The van der Waals surface area contributed by atoms with E-state index < -0.39 is 96.0 Å². The van der Waals surface area contributed by atoms with E-state index in [0.717, 1.165) is 27.2 Å². The molecule has 0 aliphatic carbocycles. The number of aliphatic hydroxyl groups excluding tert-OH is 1. The van der Waals surface area contributed by atoms with Gasteiger partial charge < -0.3 is 86.1 Å².